The second kappa shape index (κ2) is 7.31. The first-order chi connectivity index (χ1) is 11.7. The predicted octanol–water partition coefficient (Wildman–Crippen LogP) is 2.45. The number of benzene rings is 2. The molecule has 132 valence electrons. The number of carbonyl (C=O) groups is 1. The van der Waals surface area contributed by atoms with Crippen molar-refractivity contribution in [3.63, 3.8) is 0 Å². The summed E-state index contributed by atoms with van der Waals surface area (Å²) in [6.45, 7) is 3.88. The third-order valence-electron chi connectivity index (χ3n) is 3.41. The van der Waals surface area contributed by atoms with Crippen molar-refractivity contribution in [3.8, 4) is 0 Å². The van der Waals surface area contributed by atoms with Gasteiger partial charge in [0.05, 0.1) is 15.5 Å². The van der Waals surface area contributed by atoms with E-state index in [0.717, 1.165) is 6.07 Å². The van der Waals surface area contributed by atoms with Crippen LogP contribution in [0.5, 0.6) is 0 Å². The molecule has 0 radical (unpaired) electrons. The lowest BCUT2D eigenvalue weighted by atomic mass is 10.1. The lowest BCUT2D eigenvalue weighted by molar-refractivity contribution is -0.384. The van der Waals surface area contributed by atoms with Crippen molar-refractivity contribution < 1.29 is 18.1 Å². The molecule has 25 heavy (non-hydrogen) atoms. The maximum absolute atomic E-state index is 12.5. The summed E-state index contributed by atoms with van der Waals surface area (Å²) in [5.41, 5.74) is 0.727. The first kappa shape index (κ1) is 18.4. The maximum Gasteiger partial charge on any atom is 0.271 e. The molecule has 0 heterocycles. The van der Waals surface area contributed by atoms with Gasteiger partial charge >= 0.3 is 0 Å². The van der Waals surface area contributed by atoms with Crippen molar-refractivity contribution >= 4 is 27.3 Å². The molecular weight excluding hydrogens is 346 g/mol. The summed E-state index contributed by atoms with van der Waals surface area (Å²) in [4.78, 5) is 22.1. The Kier molecular flexibility index (Phi) is 5.38. The van der Waals surface area contributed by atoms with Crippen LogP contribution < -0.4 is 10.0 Å². The summed E-state index contributed by atoms with van der Waals surface area (Å²) in [7, 11) is -4.00. The number of aryl methyl sites for hydroxylation is 1. The second-order valence-electron chi connectivity index (χ2n) is 5.25. The van der Waals surface area contributed by atoms with Crippen LogP contribution in [0, 0.1) is 17.0 Å². The molecule has 2 aromatic rings. The van der Waals surface area contributed by atoms with Gasteiger partial charge in [-0.3, -0.25) is 19.6 Å². The average Bonchev–Trinajstić information content (AvgIpc) is 2.55. The Hall–Kier alpha value is -2.94. The lowest BCUT2D eigenvalue weighted by Crippen LogP contribution is -2.24. The van der Waals surface area contributed by atoms with E-state index in [1.165, 1.54) is 36.4 Å². The van der Waals surface area contributed by atoms with Crippen LogP contribution in [0.2, 0.25) is 0 Å². The SMILES string of the molecule is CCNC(=O)c1cc(S(=O)(=O)Nc2cccc([N+](=O)[O-])c2)ccc1C. The van der Waals surface area contributed by atoms with Gasteiger partial charge in [-0.2, -0.15) is 0 Å². The smallest absolute Gasteiger partial charge is 0.271 e. The molecule has 0 fully saturated rings. The summed E-state index contributed by atoms with van der Waals surface area (Å²) in [5.74, 6) is -0.368. The topological polar surface area (TPSA) is 118 Å². The number of sulfonamides is 1. The molecule has 0 saturated heterocycles. The molecule has 0 spiro atoms. The zero-order valence-corrected chi connectivity index (χ0v) is 14.5. The molecule has 1 amide bonds. The minimum atomic E-state index is -4.00. The van der Waals surface area contributed by atoms with E-state index in [-0.39, 0.29) is 27.7 Å². The Balaban J connectivity index is 2.37. The largest absolute Gasteiger partial charge is 0.352 e. The van der Waals surface area contributed by atoms with Gasteiger partial charge in [-0.15, -0.1) is 0 Å². The first-order valence-corrected chi connectivity index (χ1v) is 8.89. The average molecular weight is 363 g/mol. The molecule has 0 atom stereocenters. The van der Waals surface area contributed by atoms with E-state index in [9.17, 15) is 23.3 Å². The van der Waals surface area contributed by atoms with Crippen molar-refractivity contribution in [3.05, 3.63) is 63.7 Å². The fourth-order valence-corrected chi connectivity index (χ4v) is 3.24. The number of nitro benzene ring substituents is 1. The summed E-state index contributed by atoms with van der Waals surface area (Å²) >= 11 is 0. The number of anilines is 1. The van der Waals surface area contributed by atoms with Crippen LogP contribution in [0.1, 0.15) is 22.8 Å². The van der Waals surface area contributed by atoms with Gasteiger partial charge in [-0.1, -0.05) is 12.1 Å². The molecule has 0 bridgehead atoms. The number of nitrogens with one attached hydrogen (secondary N) is 2. The van der Waals surface area contributed by atoms with E-state index in [1.807, 2.05) is 0 Å². The van der Waals surface area contributed by atoms with Crippen molar-refractivity contribution in [1.82, 2.24) is 5.32 Å². The van der Waals surface area contributed by atoms with Crippen LogP contribution >= 0.6 is 0 Å². The van der Waals surface area contributed by atoms with E-state index < -0.39 is 14.9 Å². The number of amides is 1. The summed E-state index contributed by atoms with van der Waals surface area (Å²) < 4.78 is 27.3. The first-order valence-electron chi connectivity index (χ1n) is 7.40. The Morgan fingerprint density at radius 3 is 2.56 bits per heavy atom. The highest BCUT2D eigenvalue weighted by atomic mass is 32.2. The summed E-state index contributed by atoms with van der Waals surface area (Å²) in [6, 6.07) is 9.35. The van der Waals surface area contributed by atoms with Gasteiger partial charge in [-0.25, -0.2) is 8.42 Å². The van der Waals surface area contributed by atoms with E-state index in [4.69, 9.17) is 0 Å². The molecule has 9 heteroatoms. The van der Waals surface area contributed by atoms with Gasteiger partial charge < -0.3 is 5.32 Å². The number of nitro groups is 1. The van der Waals surface area contributed by atoms with Crippen molar-refractivity contribution in [2.75, 3.05) is 11.3 Å². The Morgan fingerprint density at radius 2 is 1.92 bits per heavy atom. The molecular formula is C16H17N3O5S. The van der Waals surface area contributed by atoms with Gasteiger partial charge in [0.25, 0.3) is 21.6 Å². The van der Waals surface area contributed by atoms with Crippen molar-refractivity contribution in [2.45, 2.75) is 18.7 Å². The highest BCUT2D eigenvalue weighted by Gasteiger charge is 2.19. The zero-order valence-electron chi connectivity index (χ0n) is 13.6. The third kappa shape index (κ3) is 4.32. The molecule has 0 saturated carbocycles. The molecule has 0 aromatic heterocycles. The number of non-ortho nitro benzene ring substituents is 1. The van der Waals surface area contributed by atoms with E-state index in [1.54, 1.807) is 13.8 Å². The van der Waals surface area contributed by atoms with Gasteiger partial charge in [0.1, 0.15) is 0 Å². The van der Waals surface area contributed by atoms with E-state index >= 15 is 0 Å². The molecule has 2 aromatic carbocycles. The number of rotatable bonds is 6. The van der Waals surface area contributed by atoms with Crippen molar-refractivity contribution in [2.24, 2.45) is 0 Å². The molecule has 0 aliphatic heterocycles. The normalized spacial score (nSPS) is 11.0. The van der Waals surface area contributed by atoms with E-state index in [2.05, 4.69) is 10.0 Å². The molecule has 0 unspecified atom stereocenters. The van der Waals surface area contributed by atoms with E-state index in [0.29, 0.717) is 12.1 Å². The van der Waals surface area contributed by atoms with Gasteiger partial charge in [-0.05, 0) is 37.6 Å². The standard InChI is InChI=1S/C16H17N3O5S/c1-3-17-16(20)15-10-14(8-7-11(15)2)25(23,24)18-12-5-4-6-13(9-12)19(21)22/h4-10,18H,3H2,1-2H3,(H,17,20). The number of nitrogens with zero attached hydrogens (tertiary/aromatic N) is 1. The maximum atomic E-state index is 12.5. The lowest BCUT2D eigenvalue weighted by Gasteiger charge is -2.11. The van der Waals surface area contributed by atoms with Gasteiger partial charge in [0.2, 0.25) is 0 Å². The van der Waals surface area contributed by atoms with Crippen LogP contribution in [-0.4, -0.2) is 25.8 Å². The highest BCUT2D eigenvalue weighted by Crippen LogP contribution is 2.22. The monoisotopic (exact) mass is 363 g/mol. The fraction of sp³-hybridized carbons (Fsp3) is 0.188. The third-order valence-corrected chi connectivity index (χ3v) is 4.79. The summed E-state index contributed by atoms with van der Waals surface area (Å²) in [6.07, 6.45) is 0. The Labute approximate surface area is 145 Å². The van der Waals surface area contributed by atoms with Gasteiger partial charge in [0, 0.05) is 24.2 Å². The minimum absolute atomic E-state index is 0.0642. The quantitative estimate of drug-likeness (QED) is 0.604. The summed E-state index contributed by atoms with van der Waals surface area (Å²) in [5, 5.41) is 13.4. The predicted molar refractivity (Wildman–Crippen MR) is 93.1 cm³/mol. The second-order valence-corrected chi connectivity index (χ2v) is 6.93. The van der Waals surface area contributed by atoms with Crippen LogP contribution in [0.25, 0.3) is 0 Å². The number of hydrogen-bond donors (Lipinski definition) is 2. The molecule has 2 rings (SSSR count). The molecule has 2 N–H and O–H groups in total. The van der Waals surface area contributed by atoms with Crippen LogP contribution in [0.15, 0.2) is 47.4 Å². The van der Waals surface area contributed by atoms with Gasteiger partial charge in [0.15, 0.2) is 0 Å². The molecule has 0 aliphatic carbocycles. The Bertz CT molecular complexity index is 925. The van der Waals surface area contributed by atoms with Crippen LogP contribution in [0.4, 0.5) is 11.4 Å². The number of carbonyl (C=O) groups excluding carboxylic acids is 1. The van der Waals surface area contributed by atoms with Crippen molar-refractivity contribution in [1.29, 1.82) is 0 Å². The fourth-order valence-electron chi connectivity index (χ4n) is 2.17. The minimum Gasteiger partial charge on any atom is -0.352 e. The van der Waals surface area contributed by atoms with Crippen LogP contribution in [0.3, 0.4) is 0 Å². The molecule has 0 aliphatic rings. The molecule has 8 nitrogen and oxygen atoms in total. The zero-order chi connectivity index (χ0) is 18.6. The Morgan fingerprint density at radius 1 is 1.20 bits per heavy atom. The highest BCUT2D eigenvalue weighted by molar-refractivity contribution is 7.92. The van der Waals surface area contributed by atoms with Crippen LogP contribution in [-0.2, 0) is 10.0 Å². The number of hydrogen-bond acceptors (Lipinski definition) is 5.